The lowest BCUT2D eigenvalue weighted by molar-refractivity contribution is -0.130. The molecule has 0 aliphatic rings. The van der Waals surface area contributed by atoms with Gasteiger partial charge >= 0.3 is 5.97 Å². The molecule has 4 nitrogen and oxygen atoms in total. The summed E-state index contributed by atoms with van der Waals surface area (Å²) in [6.07, 6.45) is 1.69. The number of hydrogen-bond donors (Lipinski definition) is 1. The fourth-order valence-electron chi connectivity index (χ4n) is 2.07. The number of thiophene rings is 1. The third-order valence-electron chi connectivity index (χ3n) is 2.96. The summed E-state index contributed by atoms with van der Waals surface area (Å²) < 4.78 is 11.3. The van der Waals surface area contributed by atoms with Crippen molar-refractivity contribution in [3.05, 3.63) is 46.2 Å². The molecule has 0 radical (unpaired) electrons. The SMILES string of the molecule is CCOc1cc(/C=C(\C(=O)O)c2cccs2)ccc1OC(C)C. The van der Waals surface area contributed by atoms with Crippen LogP contribution in [-0.4, -0.2) is 23.8 Å². The molecule has 0 bridgehead atoms. The zero-order valence-corrected chi connectivity index (χ0v) is 14.2. The van der Waals surface area contributed by atoms with Crippen LogP contribution in [0.4, 0.5) is 0 Å². The average molecular weight is 332 g/mol. The number of rotatable bonds is 7. The molecule has 0 saturated heterocycles. The van der Waals surface area contributed by atoms with E-state index < -0.39 is 5.97 Å². The van der Waals surface area contributed by atoms with Crippen LogP contribution in [0.3, 0.4) is 0 Å². The molecule has 1 aromatic carbocycles. The van der Waals surface area contributed by atoms with Crippen LogP contribution in [-0.2, 0) is 4.79 Å². The van der Waals surface area contributed by atoms with Gasteiger partial charge < -0.3 is 14.6 Å². The molecule has 0 fully saturated rings. The quantitative estimate of drug-likeness (QED) is 0.755. The Morgan fingerprint density at radius 1 is 1.30 bits per heavy atom. The van der Waals surface area contributed by atoms with Gasteiger partial charge in [0.25, 0.3) is 0 Å². The minimum atomic E-state index is -0.951. The Labute approximate surface area is 140 Å². The van der Waals surface area contributed by atoms with Gasteiger partial charge in [0.1, 0.15) is 0 Å². The molecule has 1 aromatic heterocycles. The highest BCUT2D eigenvalue weighted by Gasteiger charge is 2.13. The lowest BCUT2D eigenvalue weighted by atomic mass is 10.1. The Hall–Kier alpha value is -2.27. The van der Waals surface area contributed by atoms with Crippen LogP contribution in [0.2, 0.25) is 0 Å². The van der Waals surface area contributed by atoms with Gasteiger partial charge in [-0.15, -0.1) is 11.3 Å². The third-order valence-corrected chi connectivity index (χ3v) is 3.86. The van der Waals surface area contributed by atoms with Gasteiger partial charge in [-0.1, -0.05) is 12.1 Å². The topological polar surface area (TPSA) is 55.8 Å². The molecule has 0 aliphatic carbocycles. The molecule has 0 unspecified atom stereocenters. The predicted molar refractivity (Wildman–Crippen MR) is 93.2 cm³/mol. The largest absolute Gasteiger partial charge is 0.490 e. The summed E-state index contributed by atoms with van der Waals surface area (Å²) in [5.41, 5.74) is 1.02. The molecular weight excluding hydrogens is 312 g/mol. The third kappa shape index (κ3) is 4.60. The summed E-state index contributed by atoms with van der Waals surface area (Å²) in [6.45, 7) is 6.31. The van der Waals surface area contributed by atoms with E-state index in [1.54, 1.807) is 18.2 Å². The second-order valence-corrected chi connectivity index (χ2v) is 6.09. The zero-order chi connectivity index (χ0) is 16.8. The number of carbonyl (C=O) groups is 1. The first-order valence-electron chi connectivity index (χ1n) is 7.43. The van der Waals surface area contributed by atoms with Crippen molar-refractivity contribution in [2.24, 2.45) is 0 Å². The summed E-state index contributed by atoms with van der Waals surface area (Å²) in [5, 5.41) is 11.3. The zero-order valence-electron chi connectivity index (χ0n) is 13.4. The number of benzene rings is 1. The molecule has 2 rings (SSSR count). The van der Waals surface area contributed by atoms with Crippen molar-refractivity contribution in [3.63, 3.8) is 0 Å². The van der Waals surface area contributed by atoms with Crippen molar-refractivity contribution in [1.29, 1.82) is 0 Å². The maximum Gasteiger partial charge on any atom is 0.337 e. The van der Waals surface area contributed by atoms with Crippen LogP contribution in [0.1, 0.15) is 31.2 Å². The number of carboxylic acids is 1. The number of aliphatic carboxylic acids is 1. The Morgan fingerprint density at radius 3 is 2.65 bits per heavy atom. The summed E-state index contributed by atoms with van der Waals surface area (Å²) >= 11 is 1.40. The first kappa shape index (κ1) is 17.1. The molecule has 1 N–H and O–H groups in total. The molecule has 2 aromatic rings. The van der Waals surface area contributed by atoms with Crippen LogP contribution in [0.5, 0.6) is 11.5 Å². The number of carboxylic acid groups (broad SMARTS) is 1. The van der Waals surface area contributed by atoms with E-state index in [2.05, 4.69) is 0 Å². The van der Waals surface area contributed by atoms with Crippen molar-refractivity contribution >= 4 is 29.0 Å². The standard InChI is InChI=1S/C18H20O4S/c1-4-21-16-11-13(7-8-15(16)22-12(2)3)10-14(18(19)20)17-6-5-9-23-17/h5-12H,4H2,1-3H3,(H,19,20)/b14-10-. The van der Waals surface area contributed by atoms with Crippen LogP contribution in [0.25, 0.3) is 11.6 Å². The van der Waals surface area contributed by atoms with Crippen molar-refractivity contribution in [2.75, 3.05) is 6.61 Å². The van der Waals surface area contributed by atoms with Crippen molar-refractivity contribution < 1.29 is 19.4 Å². The van der Waals surface area contributed by atoms with Gasteiger partial charge in [-0.05, 0) is 56.0 Å². The van der Waals surface area contributed by atoms with E-state index in [1.165, 1.54) is 11.3 Å². The van der Waals surface area contributed by atoms with Gasteiger partial charge in [-0.2, -0.15) is 0 Å². The van der Waals surface area contributed by atoms with Gasteiger partial charge in [0, 0.05) is 4.88 Å². The van der Waals surface area contributed by atoms with Crippen molar-refractivity contribution in [2.45, 2.75) is 26.9 Å². The number of ether oxygens (including phenoxy) is 2. The normalized spacial score (nSPS) is 11.6. The minimum Gasteiger partial charge on any atom is -0.490 e. The molecule has 122 valence electrons. The monoisotopic (exact) mass is 332 g/mol. The smallest absolute Gasteiger partial charge is 0.337 e. The lowest BCUT2D eigenvalue weighted by Crippen LogP contribution is -2.07. The highest BCUT2D eigenvalue weighted by Crippen LogP contribution is 2.31. The molecule has 0 saturated carbocycles. The molecule has 0 amide bonds. The molecule has 1 heterocycles. The van der Waals surface area contributed by atoms with Gasteiger partial charge in [-0.25, -0.2) is 4.79 Å². The summed E-state index contributed by atoms with van der Waals surface area (Å²) in [5.74, 6) is 0.325. The summed E-state index contributed by atoms with van der Waals surface area (Å²) in [4.78, 5) is 12.2. The molecule has 0 aliphatic heterocycles. The van der Waals surface area contributed by atoms with Gasteiger partial charge in [0.05, 0.1) is 18.3 Å². The van der Waals surface area contributed by atoms with Gasteiger partial charge in [0.2, 0.25) is 0 Å². The van der Waals surface area contributed by atoms with Crippen LogP contribution >= 0.6 is 11.3 Å². The Bertz CT molecular complexity index is 687. The highest BCUT2D eigenvalue weighted by molar-refractivity contribution is 7.11. The Kier molecular flexibility index (Phi) is 5.82. The number of hydrogen-bond acceptors (Lipinski definition) is 4. The Balaban J connectivity index is 2.40. The van der Waals surface area contributed by atoms with Crippen LogP contribution < -0.4 is 9.47 Å². The lowest BCUT2D eigenvalue weighted by Gasteiger charge is -2.15. The highest BCUT2D eigenvalue weighted by atomic mass is 32.1. The molecular formula is C18H20O4S. The van der Waals surface area contributed by atoms with E-state index in [1.807, 2.05) is 44.4 Å². The molecule has 23 heavy (non-hydrogen) atoms. The van der Waals surface area contributed by atoms with E-state index in [-0.39, 0.29) is 11.7 Å². The molecule has 0 spiro atoms. The Morgan fingerprint density at radius 2 is 2.09 bits per heavy atom. The van der Waals surface area contributed by atoms with Crippen LogP contribution in [0.15, 0.2) is 35.7 Å². The van der Waals surface area contributed by atoms with Gasteiger partial charge in [-0.3, -0.25) is 0 Å². The molecule has 0 atom stereocenters. The van der Waals surface area contributed by atoms with E-state index in [9.17, 15) is 9.90 Å². The minimum absolute atomic E-state index is 0.0382. The van der Waals surface area contributed by atoms with Gasteiger partial charge in [0.15, 0.2) is 11.5 Å². The van der Waals surface area contributed by atoms with Crippen molar-refractivity contribution in [1.82, 2.24) is 0 Å². The maximum absolute atomic E-state index is 11.5. The molecule has 5 heteroatoms. The van der Waals surface area contributed by atoms with E-state index in [0.717, 1.165) is 10.4 Å². The first-order valence-corrected chi connectivity index (χ1v) is 8.31. The first-order chi connectivity index (χ1) is 11.0. The summed E-state index contributed by atoms with van der Waals surface area (Å²) in [7, 11) is 0. The van der Waals surface area contributed by atoms with Crippen LogP contribution in [0, 0.1) is 0 Å². The van der Waals surface area contributed by atoms with E-state index in [0.29, 0.717) is 18.1 Å². The predicted octanol–water partition coefficient (Wildman–Crippen LogP) is 4.56. The average Bonchev–Trinajstić information content (AvgIpc) is 3.00. The fraction of sp³-hybridized carbons (Fsp3) is 0.278. The maximum atomic E-state index is 11.5. The second kappa shape index (κ2) is 7.83. The van der Waals surface area contributed by atoms with E-state index in [4.69, 9.17) is 9.47 Å². The second-order valence-electron chi connectivity index (χ2n) is 5.15. The van der Waals surface area contributed by atoms with Crippen molar-refractivity contribution in [3.8, 4) is 11.5 Å². The summed E-state index contributed by atoms with van der Waals surface area (Å²) in [6, 6.07) is 9.07. The fourth-order valence-corrected chi connectivity index (χ4v) is 2.80. The van der Waals surface area contributed by atoms with E-state index >= 15 is 0 Å².